The average Bonchev–Trinajstić information content (AvgIpc) is 3.10. The Kier molecular flexibility index (Phi) is 6.18. The van der Waals surface area contributed by atoms with Crippen molar-refractivity contribution < 1.29 is 9.18 Å². The molecule has 0 saturated heterocycles. The van der Waals surface area contributed by atoms with Crippen molar-refractivity contribution in [2.24, 2.45) is 0 Å². The molecule has 0 fully saturated rings. The number of pyridine rings is 1. The zero-order chi connectivity index (χ0) is 19.2. The lowest BCUT2D eigenvalue weighted by molar-refractivity contribution is -0.113. The summed E-state index contributed by atoms with van der Waals surface area (Å²) in [5.74, 6) is 0.0716. The number of hydrogen-bond donors (Lipinski definition) is 1. The third kappa shape index (κ3) is 4.71. The summed E-state index contributed by atoms with van der Waals surface area (Å²) in [5.41, 5.74) is 2.59. The molecule has 1 N–H and O–H groups in total. The van der Waals surface area contributed by atoms with Gasteiger partial charge in [0.2, 0.25) is 11.9 Å². The molecule has 140 valence electrons. The molecular formula is C19H20FN5OS. The van der Waals surface area contributed by atoms with Crippen LogP contribution in [0.15, 0.2) is 47.8 Å². The van der Waals surface area contributed by atoms with Gasteiger partial charge in [-0.05, 0) is 37.1 Å². The molecule has 2 heterocycles. The minimum atomic E-state index is -0.569. The summed E-state index contributed by atoms with van der Waals surface area (Å²) >= 11 is 1.29. The summed E-state index contributed by atoms with van der Waals surface area (Å²) in [4.78, 5) is 15.8. The van der Waals surface area contributed by atoms with Crippen LogP contribution in [0.5, 0.6) is 0 Å². The fourth-order valence-electron chi connectivity index (χ4n) is 2.59. The summed E-state index contributed by atoms with van der Waals surface area (Å²) in [7, 11) is 0. The van der Waals surface area contributed by atoms with Crippen LogP contribution in [-0.4, -0.2) is 31.4 Å². The quantitative estimate of drug-likeness (QED) is 0.495. The maximum atomic E-state index is 13.4. The zero-order valence-corrected chi connectivity index (χ0v) is 16.0. The Balaban J connectivity index is 1.66. The number of carbonyl (C=O) groups excluding carboxylic acids is 1. The Morgan fingerprint density at radius 2 is 1.96 bits per heavy atom. The molecule has 3 rings (SSSR count). The lowest BCUT2D eigenvalue weighted by atomic mass is 10.1. The summed E-state index contributed by atoms with van der Waals surface area (Å²) < 4.78 is 15.2. The smallest absolute Gasteiger partial charge is 0.234 e. The number of hydrogen-bond acceptors (Lipinski definition) is 5. The highest BCUT2D eigenvalue weighted by molar-refractivity contribution is 7.99. The van der Waals surface area contributed by atoms with Crippen molar-refractivity contribution in [2.75, 3.05) is 11.1 Å². The second kappa shape index (κ2) is 8.77. The van der Waals surface area contributed by atoms with E-state index in [2.05, 4.69) is 27.4 Å². The topological polar surface area (TPSA) is 72.7 Å². The predicted molar refractivity (Wildman–Crippen MR) is 104 cm³/mol. The maximum absolute atomic E-state index is 13.4. The molecule has 0 saturated carbocycles. The van der Waals surface area contributed by atoms with Crippen LogP contribution < -0.4 is 5.32 Å². The van der Waals surface area contributed by atoms with E-state index in [1.807, 2.05) is 35.8 Å². The van der Waals surface area contributed by atoms with E-state index in [4.69, 9.17) is 0 Å². The lowest BCUT2D eigenvalue weighted by Crippen LogP contribution is -2.14. The van der Waals surface area contributed by atoms with Crippen molar-refractivity contribution in [3.05, 3.63) is 54.1 Å². The van der Waals surface area contributed by atoms with Gasteiger partial charge in [0.15, 0.2) is 11.0 Å². The Hall–Kier alpha value is -2.74. The standard InChI is InChI=1S/C19H20FN5OS/c1-3-13-5-7-15(8-6-13)22-17(26)12-27-19-24-23-18(25(19)4-2)14-9-10-21-16(20)11-14/h5-11H,3-4,12H2,1-2H3,(H,22,26). The third-order valence-corrected chi connectivity index (χ3v) is 4.96. The summed E-state index contributed by atoms with van der Waals surface area (Å²) in [6.07, 6.45) is 2.35. The van der Waals surface area contributed by atoms with Crippen LogP contribution in [0, 0.1) is 5.95 Å². The van der Waals surface area contributed by atoms with E-state index in [-0.39, 0.29) is 11.7 Å². The average molecular weight is 385 g/mol. The lowest BCUT2D eigenvalue weighted by Gasteiger charge is -2.08. The number of benzene rings is 1. The van der Waals surface area contributed by atoms with Crippen LogP contribution in [0.1, 0.15) is 19.4 Å². The summed E-state index contributed by atoms with van der Waals surface area (Å²) in [6, 6.07) is 10.8. The third-order valence-electron chi connectivity index (χ3n) is 4.00. The van der Waals surface area contributed by atoms with Gasteiger partial charge in [-0.25, -0.2) is 4.98 Å². The zero-order valence-electron chi connectivity index (χ0n) is 15.1. The van der Waals surface area contributed by atoms with Crippen LogP contribution in [0.25, 0.3) is 11.4 Å². The first-order valence-electron chi connectivity index (χ1n) is 8.67. The van der Waals surface area contributed by atoms with Gasteiger partial charge in [0.1, 0.15) is 0 Å². The van der Waals surface area contributed by atoms with Crippen molar-refractivity contribution in [2.45, 2.75) is 32.0 Å². The van der Waals surface area contributed by atoms with E-state index in [9.17, 15) is 9.18 Å². The number of amides is 1. The Morgan fingerprint density at radius 3 is 2.63 bits per heavy atom. The van der Waals surface area contributed by atoms with Gasteiger partial charge in [0.25, 0.3) is 0 Å². The first-order chi connectivity index (χ1) is 13.1. The molecule has 8 heteroatoms. The van der Waals surface area contributed by atoms with Crippen molar-refractivity contribution in [3.8, 4) is 11.4 Å². The van der Waals surface area contributed by atoms with Gasteiger partial charge in [0, 0.05) is 30.1 Å². The molecule has 3 aromatic rings. The molecule has 0 aliphatic rings. The molecule has 1 amide bonds. The number of aryl methyl sites for hydroxylation is 1. The van der Waals surface area contributed by atoms with E-state index in [1.165, 1.54) is 29.6 Å². The second-order valence-electron chi connectivity index (χ2n) is 5.81. The van der Waals surface area contributed by atoms with Crippen LogP contribution in [0.3, 0.4) is 0 Å². The van der Waals surface area contributed by atoms with E-state index >= 15 is 0 Å². The Labute approximate surface area is 161 Å². The molecule has 0 spiro atoms. The highest BCUT2D eigenvalue weighted by Crippen LogP contribution is 2.24. The molecular weight excluding hydrogens is 365 g/mol. The monoisotopic (exact) mass is 385 g/mol. The largest absolute Gasteiger partial charge is 0.325 e. The highest BCUT2D eigenvalue weighted by atomic mass is 32.2. The number of anilines is 1. The summed E-state index contributed by atoms with van der Waals surface area (Å²) in [5, 5.41) is 11.8. The van der Waals surface area contributed by atoms with E-state index in [0.717, 1.165) is 12.1 Å². The SMILES string of the molecule is CCc1ccc(NC(=O)CSc2nnc(-c3ccnc(F)c3)n2CC)cc1. The molecule has 0 aliphatic heterocycles. The second-order valence-corrected chi connectivity index (χ2v) is 6.75. The van der Waals surface area contributed by atoms with Gasteiger partial charge >= 0.3 is 0 Å². The number of nitrogens with one attached hydrogen (secondary N) is 1. The van der Waals surface area contributed by atoms with Gasteiger partial charge in [-0.1, -0.05) is 30.8 Å². The molecule has 0 unspecified atom stereocenters. The Morgan fingerprint density at radius 1 is 1.19 bits per heavy atom. The minimum Gasteiger partial charge on any atom is -0.325 e. The number of rotatable bonds is 7. The number of carbonyl (C=O) groups is 1. The fourth-order valence-corrected chi connectivity index (χ4v) is 3.39. The van der Waals surface area contributed by atoms with E-state index in [1.54, 1.807) is 6.07 Å². The Bertz CT molecular complexity index is 926. The van der Waals surface area contributed by atoms with Gasteiger partial charge in [-0.2, -0.15) is 4.39 Å². The molecule has 0 bridgehead atoms. The van der Waals surface area contributed by atoms with Crippen molar-refractivity contribution in [3.63, 3.8) is 0 Å². The minimum absolute atomic E-state index is 0.119. The van der Waals surface area contributed by atoms with Crippen molar-refractivity contribution in [1.82, 2.24) is 19.7 Å². The number of thioether (sulfide) groups is 1. The summed E-state index contributed by atoms with van der Waals surface area (Å²) in [6.45, 7) is 4.64. The van der Waals surface area contributed by atoms with E-state index < -0.39 is 5.95 Å². The van der Waals surface area contributed by atoms with Gasteiger partial charge in [0.05, 0.1) is 5.75 Å². The molecule has 27 heavy (non-hydrogen) atoms. The maximum Gasteiger partial charge on any atom is 0.234 e. The van der Waals surface area contributed by atoms with Crippen molar-refractivity contribution in [1.29, 1.82) is 0 Å². The van der Waals surface area contributed by atoms with Gasteiger partial charge in [-0.3, -0.25) is 4.79 Å². The molecule has 0 aliphatic carbocycles. The molecule has 2 aromatic heterocycles. The molecule has 1 aromatic carbocycles. The predicted octanol–water partition coefficient (Wildman–Crippen LogP) is 3.79. The van der Waals surface area contributed by atoms with Crippen LogP contribution in [0.4, 0.5) is 10.1 Å². The van der Waals surface area contributed by atoms with Crippen LogP contribution >= 0.6 is 11.8 Å². The van der Waals surface area contributed by atoms with E-state index in [0.29, 0.717) is 23.1 Å². The first kappa shape index (κ1) is 19.0. The van der Waals surface area contributed by atoms with Crippen LogP contribution in [-0.2, 0) is 17.8 Å². The fraction of sp³-hybridized carbons (Fsp3) is 0.263. The number of nitrogens with zero attached hydrogens (tertiary/aromatic N) is 4. The first-order valence-corrected chi connectivity index (χ1v) is 9.66. The number of aromatic nitrogens is 4. The normalized spacial score (nSPS) is 10.8. The molecule has 6 nitrogen and oxygen atoms in total. The molecule has 0 atom stereocenters. The van der Waals surface area contributed by atoms with Gasteiger partial charge < -0.3 is 9.88 Å². The highest BCUT2D eigenvalue weighted by Gasteiger charge is 2.15. The van der Waals surface area contributed by atoms with Crippen molar-refractivity contribution >= 4 is 23.4 Å². The van der Waals surface area contributed by atoms with Crippen LogP contribution in [0.2, 0.25) is 0 Å². The number of halogens is 1. The molecule has 0 radical (unpaired) electrons. The van der Waals surface area contributed by atoms with Gasteiger partial charge in [-0.15, -0.1) is 10.2 Å².